The third-order valence-electron chi connectivity index (χ3n) is 5.61. The molecule has 6 heteroatoms. The molecule has 1 fully saturated rings. The number of hydrogen-bond donors (Lipinski definition) is 1. The molecule has 0 bridgehead atoms. The van der Waals surface area contributed by atoms with Crippen LogP contribution >= 0.6 is 0 Å². The first-order valence-electron chi connectivity index (χ1n) is 11.2. The first kappa shape index (κ1) is 23.5. The number of carbonyl (C=O) groups is 1. The largest absolute Gasteiger partial charge is 0.341 e. The Morgan fingerprint density at radius 1 is 1.28 bits per heavy atom. The van der Waals surface area contributed by atoms with Crippen molar-refractivity contribution in [3.8, 4) is 0 Å². The van der Waals surface area contributed by atoms with Gasteiger partial charge in [-0.3, -0.25) is 14.8 Å². The van der Waals surface area contributed by atoms with Crippen molar-refractivity contribution in [3.63, 3.8) is 0 Å². The van der Waals surface area contributed by atoms with E-state index in [-0.39, 0.29) is 5.91 Å². The van der Waals surface area contributed by atoms with Crippen LogP contribution in [-0.2, 0) is 11.3 Å². The third kappa shape index (κ3) is 9.50. The Balaban J connectivity index is 1.71. The van der Waals surface area contributed by atoms with Gasteiger partial charge in [-0.05, 0) is 51.1 Å². The van der Waals surface area contributed by atoms with E-state index in [9.17, 15) is 4.79 Å². The zero-order valence-corrected chi connectivity index (χ0v) is 18.6. The van der Waals surface area contributed by atoms with E-state index in [0.29, 0.717) is 13.1 Å². The SMILES string of the molecule is CCN(CCN(C)C)C(=O)CNCc1cc(/C=N/CCC2CCCCC2)ccn1. The molecular formula is C23H39N5O. The van der Waals surface area contributed by atoms with Gasteiger partial charge in [-0.2, -0.15) is 0 Å². The van der Waals surface area contributed by atoms with Crippen molar-refractivity contribution in [2.24, 2.45) is 10.9 Å². The number of amides is 1. The van der Waals surface area contributed by atoms with E-state index < -0.39 is 0 Å². The van der Waals surface area contributed by atoms with Crippen LogP contribution in [0.15, 0.2) is 23.3 Å². The van der Waals surface area contributed by atoms with Gasteiger partial charge >= 0.3 is 0 Å². The van der Waals surface area contributed by atoms with Crippen molar-refractivity contribution in [1.82, 2.24) is 20.1 Å². The van der Waals surface area contributed by atoms with Crippen LogP contribution in [0.2, 0.25) is 0 Å². The molecule has 29 heavy (non-hydrogen) atoms. The highest BCUT2D eigenvalue weighted by Gasteiger charge is 2.12. The van der Waals surface area contributed by atoms with Crippen LogP contribution in [-0.4, -0.2) is 73.7 Å². The minimum Gasteiger partial charge on any atom is -0.341 e. The molecule has 1 heterocycles. The lowest BCUT2D eigenvalue weighted by Crippen LogP contribution is -2.41. The number of pyridine rings is 1. The summed E-state index contributed by atoms with van der Waals surface area (Å²) in [5.74, 6) is 1.01. The molecule has 0 aliphatic heterocycles. The van der Waals surface area contributed by atoms with E-state index in [1.807, 2.05) is 50.5 Å². The van der Waals surface area contributed by atoms with Crippen molar-refractivity contribution in [1.29, 1.82) is 0 Å². The Kier molecular flexibility index (Phi) is 10.9. The summed E-state index contributed by atoms with van der Waals surface area (Å²) in [5, 5.41) is 3.23. The molecule has 0 unspecified atom stereocenters. The number of nitrogens with one attached hydrogen (secondary N) is 1. The number of rotatable bonds is 12. The second kappa shape index (κ2) is 13.4. The van der Waals surface area contributed by atoms with Crippen LogP contribution in [0.1, 0.15) is 56.7 Å². The minimum atomic E-state index is 0.134. The van der Waals surface area contributed by atoms with E-state index >= 15 is 0 Å². The van der Waals surface area contributed by atoms with Crippen LogP contribution < -0.4 is 5.32 Å². The minimum absolute atomic E-state index is 0.134. The number of nitrogens with zero attached hydrogens (tertiary/aromatic N) is 4. The van der Waals surface area contributed by atoms with Gasteiger partial charge in [-0.15, -0.1) is 0 Å². The fourth-order valence-electron chi connectivity index (χ4n) is 3.77. The second-order valence-corrected chi connectivity index (χ2v) is 8.29. The molecule has 2 rings (SSSR count). The highest BCUT2D eigenvalue weighted by Crippen LogP contribution is 2.26. The first-order chi connectivity index (χ1) is 14.1. The van der Waals surface area contributed by atoms with Gasteiger partial charge < -0.3 is 15.1 Å². The predicted molar refractivity (Wildman–Crippen MR) is 120 cm³/mol. The number of carbonyl (C=O) groups excluding carboxylic acids is 1. The molecule has 0 aromatic carbocycles. The van der Waals surface area contributed by atoms with Gasteiger partial charge in [0.1, 0.15) is 0 Å². The van der Waals surface area contributed by atoms with Crippen molar-refractivity contribution < 1.29 is 4.79 Å². The topological polar surface area (TPSA) is 60.8 Å². The molecule has 6 nitrogen and oxygen atoms in total. The van der Waals surface area contributed by atoms with Crippen molar-refractivity contribution >= 4 is 12.1 Å². The standard InChI is InChI=1S/C23H39N5O/c1-4-28(15-14-27(2)3)23(29)19-25-18-22-16-21(11-13-26-22)17-24-12-10-20-8-6-5-7-9-20/h11,13,16-17,20,25H,4-10,12,14-15,18-19H2,1-3H3/b24-17+. The normalized spacial score (nSPS) is 15.3. The summed E-state index contributed by atoms with van der Waals surface area (Å²) < 4.78 is 0. The van der Waals surface area contributed by atoms with E-state index in [1.54, 1.807) is 0 Å². The summed E-state index contributed by atoms with van der Waals surface area (Å²) in [5.41, 5.74) is 2.01. The number of likely N-dealkylation sites (N-methyl/N-ethyl adjacent to an activating group) is 2. The highest BCUT2D eigenvalue weighted by atomic mass is 16.2. The fraction of sp³-hybridized carbons (Fsp3) is 0.696. The summed E-state index contributed by atoms with van der Waals surface area (Å²) in [4.78, 5) is 25.4. The second-order valence-electron chi connectivity index (χ2n) is 8.29. The molecule has 1 aromatic heterocycles. The summed E-state index contributed by atoms with van der Waals surface area (Å²) in [6, 6.07) is 4.03. The van der Waals surface area contributed by atoms with Gasteiger partial charge in [0, 0.05) is 45.1 Å². The average Bonchev–Trinajstić information content (AvgIpc) is 2.72. The van der Waals surface area contributed by atoms with Crippen molar-refractivity contribution in [2.75, 3.05) is 46.8 Å². The summed E-state index contributed by atoms with van der Waals surface area (Å²) in [6.07, 6.45) is 11.9. The Morgan fingerprint density at radius 3 is 2.79 bits per heavy atom. The lowest BCUT2D eigenvalue weighted by molar-refractivity contribution is -0.130. The fourth-order valence-corrected chi connectivity index (χ4v) is 3.77. The number of aromatic nitrogens is 1. The zero-order valence-electron chi connectivity index (χ0n) is 18.6. The van der Waals surface area contributed by atoms with Crippen LogP contribution in [0, 0.1) is 5.92 Å². The molecule has 0 atom stereocenters. The summed E-state index contributed by atoms with van der Waals surface area (Å²) in [7, 11) is 4.04. The van der Waals surface area contributed by atoms with E-state index in [1.165, 1.54) is 38.5 Å². The van der Waals surface area contributed by atoms with Gasteiger partial charge in [0.05, 0.1) is 12.2 Å². The lowest BCUT2D eigenvalue weighted by Gasteiger charge is -2.23. The van der Waals surface area contributed by atoms with Crippen molar-refractivity contribution in [2.45, 2.75) is 52.0 Å². The van der Waals surface area contributed by atoms with Crippen LogP contribution in [0.3, 0.4) is 0 Å². The van der Waals surface area contributed by atoms with Crippen LogP contribution in [0.4, 0.5) is 0 Å². The van der Waals surface area contributed by atoms with Gasteiger partial charge in [0.2, 0.25) is 5.91 Å². The van der Waals surface area contributed by atoms with Gasteiger partial charge in [0.15, 0.2) is 0 Å². The number of hydrogen-bond acceptors (Lipinski definition) is 5. The van der Waals surface area contributed by atoms with Gasteiger partial charge in [-0.1, -0.05) is 32.1 Å². The summed E-state index contributed by atoms with van der Waals surface area (Å²) >= 11 is 0. The molecule has 1 amide bonds. The van der Waals surface area contributed by atoms with E-state index in [2.05, 4.69) is 20.2 Å². The number of aliphatic imine (C=N–C) groups is 1. The monoisotopic (exact) mass is 401 g/mol. The molecule has 1 saturated carbocycles. The van der Waals surface area contributed by atoms with E-state index in [4.69, 9.17) is 0 Å². The quantitative estimate of drug-likeness (QED) is 0.547. The molecule has 1 aromatic rings. The molecule has 1 aliphatic rings. The maximum atomic E-state index is 12.4. The Hall–Kier alpha value is -1.79. The molecule has 162 valence electrons. The smallest absolute Gasteiger partial charge is 0.236 e. The molecule has 0 saturated heterocycles. The predicted octanol–water partition coefficient (Wildman–Crippen LogP) is 2.97. The molecule has 1 N–H and O–H groups in total. The van der Waals surface area contributed by atoms with Gasteiger partial charge in [0.25, 0.3) is 0 Å². The average molecular weight is 402 g/mol. The van der Waals surface area contributed by atoms with E-state index in [0.717, 1.165) is 43.4 Å². The maximum Gasteiger partial charge on any atom is 0.236 e. The molecular weight excluding hydrogens is 362 g/mol. The zero-order chi connectivity index (χ0) is 20.9. The maximum absolute atomic E-state index is 12.4. The Bertz CT molecular complexity index is 625. The highest BCUT2D eigenvalue weighted by molar-refractivity contribution is 5.79. The Morgan fingerprint density at radius 2 is 2.07 bits per heavy atom. The summed E-state index contributed by atoms with van der Waals surface area (Å²) in [6.45, 7) is 6.22. The molecule has 0 spiro atoms. The van der Waals surface area contributed by atoms with Crippen LogP contribution in [0.5, 0.6) is 0 Å². The third-order valence-corrected chi connectivity index (χ3v) is 5.61. The van der Waals surface area contributed by atoms with Gasteiger partial charge in [-0.25, -0.2) is 0 Å². The molecule has 0 radical (unpaired) electrons. The lowest BCUT2D eigenvalue weighted by atomic mass is 9.87. The van der Waals surface area contributed by atoms with Crippen LogP contribution in [0.25, 0.3) is 0 Å². The Labute approximate surface area is 176 Å². The first-order valence-corrected chi connectivity index (χ1v) is 11.2. The van der Waals surface area contributed by atoms with Crippen molar-refractivity contribution in [3.05, 3.63) is 29.6 Å². The molecule has 1 aliphatic carbocycles.